The standard InChI is InChI=1S/C21H18F2N6O3S/c1-2-9-33(31,32)29-15-4-3-14(22)17(18(15)23)19(30)13-10-25-20-16(13)21(27-11-26-20)28-12-5-7-24-8-6-12/h3-8,10-11,29H,2,9H2,1H3,(H2,24,25,26,27,28)/p+1. The Morgan fingerprint density at radius 1 is 1.15 bits per heavy atom. The number of pyridine rings is 1. The van der Waals surface area contributed by atoms with Gasteiger partial charge in [-0.1, -0.05) is 6.92 Å². The van der Waals surface area contributed by atoms with Gasteiger partial charge in [0.1, 0.15) is 23.6 Å². The van der Waals surface area contributed by atoms with Crippen molar-refractivity contribution in [2.24, 2.45) is 0 Å². The van der Waals surface area contributed by atoms with Crippen LogP contribution in [0.5, 0.6) is 0 Å². The lowest BCUT2D eigenvalue weighted by Gasteiger charge is -2.12. The van der Waals surface area contributed by atoms with Crippen LogP contribution >= 0.6 is 0 Å². The number of hydrogen-bond donors (Lipinski definition) is 3. The number of fused-ring (bicyclic) bond motifs is 1. The van der Waals surface area contributed by atoms with E-state index < -0.39 is 38.7 Å². The largest absolute Gasteiger partial charge is 0.345 e. The van der Waals surface area contributed by atoms with Crippen LogP contribution in [0.2, 0.25) is 0 Å². The number of benzene rings is 1. The van der Waals surface area contributed by atoms with Crippen molar-refractivity contribution in [3.63, 3.8) is 0 Å². The van der Waals surface area contributed by atoms with Crippen LogP contribution in [0.15, 0.2) is 49.2 Å². The summed E-state index contributed by atoms with van der Waals surface area (Å²) in [6, 6.07) is 5.23. The fourth-order valence-electron chi connectivity index (χ4n) is 3.31. The maximum Gasteiger partial charge on any atom is 0.232 e. The van der Waals surface area contributed by atoms with Crippen LogP contribution in [0.3, 0.4) is 0 Å². The van der Waals surface area contributed by atoms with E-state index in [-0.39, 0.29) is 28.2 Å². The Bertz CT molecular complexity index is 1440. The van der Waals surface area contributed by atoms with Crippen molar-refractivity contribution in [2.45, 2.75) is 13.3 Å². The van der Waals surface area contributed by atoms with Crippen LogP contribution in [-0.2, 0) is 10.0 Å². The van der Waals surface area contributed by atoms with E-state index in [1.807, 2.05) is 0 Å². The number of aromatic nitrogens is 4. The summed E-state index contributed by atoms with van der Waals surface area (Å²) in [5.74, 6) is -3.43. The van der Waals surface area contributed by atoms with Crippen LogP contribution in [0, 0.1) is 11.6 Å². The zero-order chi connectivity index (χ0) is 23.6. The minimum atomic E-state index is -3.85. The van der Waals surface area contributed by atoms with Crippen molar-refractivity contribution in [3.8, 4) is 0 Å². The molecule has 0 saturated carbocycles. The molecule has 3 aromatic heterocycles. The SMILES string of the molecule is CCCS(=O)(=O)Nc1ccc(F)c(C(=O)c2c[nH]c3ncnc(Nc4cc[nH+]cc4)c23)c1F. The molecule has 3 heterocycles. The van der Waals surface area contributed by atoms with E-state index in [4.69, 9.17) is 0 Å². The summed E-state index contributed by atoms with van der Waals surface area (Å²) in [5.41, 5.74) is -0.557. The molecular formula is C21H19F2N6O3S+. The van der Waals surface area contributed by atoms with E-state index >= 15 is 4.39 Å². The Morgan fingerprint density at radius 2 is 1.91 bits per heavy atom. The molecule has 12 heteroatoms. The molecule has 0 atom stereocenters. The van der Waals surface area contributed by atoms with Gasteiger partial charge in [0.2, 0.25) is 15.8 Å². The van der Waals surface area contributed by atoms with Gasteiger partial charge in [-0.05, 0) is 18.6 Å². The Hall–Kier alpha value is -3.93. The number of anilines is 3. The third-order valence-corrected chi connectivity index (χ3v) is 6.23. The van der Waals surface area contributed by atoms with E-state index in [0.29, 0.717) is 12.1 Å². The lowest BCUT2D eigenvalue weighted by atomic mass is 10.0. The van der Waals surface area contributed by atoms with Crippen LogP contribution < -0.4 is 15.0 Å². The van der Waals surface area contributed by atoms with Gasteiger partial charge in [-0.15, -0.1) is 0 Å². The predicted octanol–water partition coefficient (Wildman–Crippen LogP) is 3.18. The van der Waals surface area contributed by atoms with Gasteiger partial charge in [-0.2, -0.15) is 0 Å². The Balaban J connectivity index is 1.79. The number of halogens is 2. The van der Waals surface area contributed by atoms with Crippen molar-refractivity contribution in [1.82, 2.24) is 15.0 Å². The van der Waals surface area contributed by atoms with Gasteiger partial charge in [0.25, 0.3) is 0 Å². The fourth-order valence-corrected chi connectivity index (χ4v) is 4.44. The maximum absolute atomic E-state index is 15.1. The number of H-pyrrole nitrogens is 2. The van der Waals surface area contributed by atoms with E-state index in [1.165, 1.54) is 12.5 Å². The molecule has 0 aliphatic carbocycles. The van der Waals surface area contributed by atoms with Gasteiger partial charge in [0.05, 0.1) is 33.6 Å². The normalized spacial score (nSPS) is 11.5. The molecule has 0 saturated heterocycles. The van der Waals surface area contributed by atoms with E-state index in [2.05, 4.69) is 30.0 Å². The highest BCUT2D eigenvalue weighted by molar-refractivity contribution is 7.92. The summed E-state index contributed by atoms with van der Waals surface area (Å²) < 4.78 is 55.9. The second kappa shape index (κ2) is 8.90. The highest BCUT2D eigenvalue weighted by Gasteiger charge is 2.27. The number of sulfonamides is 1. The van der Waals surface area contributed by atoms with Crippen LogP contribution in [0.25, 0.3) is 11.0 Å². The van der Waals surface area contributed by atoms with Crippen LogP contribution in [0.4, 0.5) is 26.0 Å². The monoisotopic (exact) mass is 473 g/mol. The van der Waals surface area contributed by atoms with Crippen molar-refractivity contribution < 1.29 is 27.0 Å². The highest BCUT2D eigenvalue weighted by Crippen LogP contribution is 2.30. The minimum Gasteiger partial charge on any atom is -0.345 e. The predicted molar refractivity (Wildman–Crippen MR) is 118 cm³/mol. The maximum atomic E-state index is 15.1. The first-order valence-corrected chi connectivity index (χ1v) is 11.5. The minimum absolute atomic E-state index is 0.0815. The number of nitrogens with zero attached hydrogens (tertiary/aromatic N) is 2. The second-order valence-corrected chi connectivity index (χ2v) is 8.94. The van der Waals surface area contributed by atoms with Gasteiger partial charge in [-0.3, -0.25) is 9.52 Å². The van der Waals surface area contributed by atoms with E-state index in [0.717, 1.165) is 12.1 Å². The molecule has 33 heavy (non-hydrogen) atoms. The number of rotatable bonds is 8. The number of ketones is 1. The summed E-state index contributed by atoms with van der Waals surface area (Å²) in [5, 5.41) is 3.27. The first-order chi connectivity index (χ1) is 15.8. The highest BCUT2D eigenvalue weighted by atomic mass is 32.2. The Kier molecular flexibility index (Phi) is 6.01. The average molecular weight is 473 g/mol. The lowest BCUT2D eigenvalue weighted by Crippen LogP contribution is -2.18. The molecular weight excluding hydrogens is 454 g/mol. The van der Waals surface area contributed by atoms with Gasteiger partial charge in [-0.25, -0.2) is 32.2 Å². The van der Waals surface area contributed by atoms with Gasteiger partial charge < -0.3 is 10.3 Å². The number of nitrogens with one attached hydrogen (secondary N) is 4. The molecule has 1 aromatic carbocycles. The third-order valence-electron chi connectivity index (χ3n) is 4.75. The van der Waals surface area contributed by atoms with E-state index in [9.17, 15) is 17.6 Å². The smallest absolute Gasteiger partial charge is 0.232 e. The van der Waals surface area contributed by atoms with Crippen molar-refractivity contribution in [2.75, 3.05) is 15.8 Å². The molecule has 4 rings (SSSR count). The zero-order valence-corrected chi connectivity index (χ0v) is 18.1. The lowest BCUT2D eigenvalue weighted by molar-refractivity contribution is -0.377. The quantitative estimate of drug-likeness (QED) is 0.337. The molecule has 0 unspecified atom stereocenters. The summed E-state index contributed by atoms with van der Waals surface area (Å²) in [4.78, 5) is 27.1. The molecule has 0 bridgehead atoms. The molecule has 4 N–H and O–H groups in total. The molecule has 0 aliphatic heterocycles. The van der Waals surface area contributed by atoms with E-state index in [1.54, 1.807) is 31.5 Å². The first-order valence-electron chi connectivity index (χ1n) is 9.89. The van der Waals surface area contributed by atoms with Gasteiger partial charge in [0.15, 0.2) is 18.2 Å². The molecule has 9 nitrogen and oxygen atoms in total. The third kappa shape index (κ3) is 4.51. The molecule has 4 aromatic rings. The number of hydrogen-bond acceptors (Lipinski definition) is 6. The van der Waals surface area contributed by atoms with Crippen molar-refractivity contribution in [3.05, 3.63) is 71.9 Å². The van der Waals surface area contributed by atoms with Crippen LogP contribution in [0.1, 0.15) is 29.3 Å². The van der Waals surface area contributed by atoms with Crippen LogP contribution in [-0.4, -0.2) is 34.9 Å². The van der Waals surface area contributed by atoms with Crippen molar-refractivity contribution in [1.29, 1.82) is 0 Å². The topological polar surface area (TPSA) is 131 Å². The molecule has 0 aliphatic rings. The van der Waals surface area contributed by atoms with Gasteiger partial charge in [0, 0.05) is 18.3 Å². The van der Waals surface area contributed by atoms with Crippen molar-refractivity contribution >= 4 is 44.0 Å². The van der Waals surface area contributed by atoms with Gasteiger partial charge >= 0.3 is 0 Å². The number of carbonyl (C=O) groups is 1. The Morgan fingerprint density at radius 3 is 2.64 bits per heavy atom. The number of aromatic amines is 2. The average Bonchev–Trinajstić information content (AvgIpc) is 3.22. The zero-order valence-electron chi connectivity index (χ0n) is 17.3. The molecule has 0 spiro atoms. The second-order valence-electron chi connectivity index (χ2n) is 7.10. The fraction of sp³-hybridized carbons (Fsp3) is 0.143. The summed E-state index contributed by atoms with van der Waals surface area (Å²) in [6.07, 6.45) is 6.21. The molecule has 170 valence electrons. The molecule has 0 radical (unpaired) electrons. The Labute approximate surface area is 187 Å². The summed E-state index contributed by atoms with van der Waals surface area (Å²) in [6.45, 7) is 1.65. The molecule has 0 fully saturated rings. The first kappa shape index (κ1) is 22.3. The molecule has 0 amide bonds. The summed E-state index contributed by atoms with van der Waals surface area (Å²) >= 11 is 0. The number of carbonyl (C=O) groups excluding carboxylic acids is 1. The summed E-state index contributed by atoms with van der Waals surface area (Å²) in [7, 11) is -3.85.